The number of hydrogen-bond donors (Lipinski definition) is 1. The molecular weight excluding hydrogens is 354 g/mol. The molecule has 0 saturated carbocycles. The maximum absolute atomic E-state index is 12.7. The van der Waals surface area contributed by atoms with E-state index >= 15 is 0 Å². The van der Waals surface area contributed by atoms with Crippen LogP contribution in [0.15, 0.2) is 36.7 Å². The molecule has 7 heteroatoms. The van der Waals surface area contributed by atoms with Crippen LogP contribution in [0.4, 0.5) is 17.2 Å². The molecule has 2 aliphatic heterocycles. The predicted octanol–water partition coefficient (Wildman–Crippen LogP) is 2.93. The van der Waals surface area contributed by atoms with Crippen molar-refractivity contribution in [2.75, 3.05) is 49.6 Å². The number of amides is 1. The molecule has 3 heterocycles. The molecular formula is C21H27N5O2. The SMILES string of the molecule is CC1CCCN(C(=O)c2cnc(Nc3ccccc3N3CCOCC3)cn2)C1. The lowest BCUT2D eigenvalue weighted by Gasteiger charge is -2.31. The largest absolute Gasteiger partial charge is 0.378 e. The molecule has 2 aliphatic rings. The number of nitrogens with one attached hydrogen (secondary N) is 1. The van der Waals surface area contributed by atoms with Crippen molar-refractivity contribution in [3.63, 3.8) is 0 Å². The van der Waals surface area contributed by atoms with Gasteiger partial charge in [0.2, 0.25) is 0 Å². The Labute approximate surface area is 165 Å². The third kappa shape index (κ3) is 4.25. The Hall–Kier alpha value is -2.67. The van der Waals surface area contributed by atoms with Gasteiger partial charge in [-0.25, -0.2) is 9.97 Å². The van der Waals surface area contributed by atoms with Crippen molar-refractivity contribution in [2.24, 2.45) is 5.92 Å². The summed E-state index contributed by atoms with van der Waals surface area (Å²) in [5, 5.41) is 3.34. The number of nitrogens with zero attached hydrogens (tertiary/aromatic N) is 4. The number of para-hydroxylation sites is 2. The summed E-state index contributed by atoms with van der Waals surface area (Å²) >= 11 is 0. The minimum atomic E-state index is -0.0284. The fraction of sp³-hybridized carbons (Fsp3) is 0.476. The smallest absolute Gasteiger partial charge is 0.274 e. The number of carbonyl (C=O) groups excluding carboxylic acids is 1. The first-order valence-corrected chi connectivity index (χ1v) is 10.0. The van der Waals surface area contributed by atoms with E-state index in [0.29, 0.717) is 17.4 Å². The first-order chi connectivity index (χ1) is 13.7. The van der Waals surface area contributed by atoms with Crippen LogP contribution in [-0.4, -0.2) is 60.2 Å². The average Bonchev–Trinajstić information content (AvgIpc) is 2.75. The van der Waals surface area contributed by atoms with Crippen LogP contribution in [0.5, 0.6) is 0 Å². The molecule has 2 fully saturated rings. The lowest BCUT2D eigenvalue weighted by Crippen LogP contribution is -2.39. The van der Waals surface area contributed by atoms with Gasteiger partial charge in [0.05, 0.1) is 37.0 Å². The summed E-state index contributed by atoms with van der Waals surface area (Å²) in [5.74, 6) is 1.15. The molecule has 1 unspecified atom stereocenters. The first-order valence-electron chi connectivity index (χ1n) is 10.0. The fourth-order valence-electron chi connectivity index (χ4n) is 3.84. The molecule has 2 saturated heterocycles. The average molecular weight is 381 g/mol. The molecule has 28 heavy (non-hydrogen) atoms. The number of aromatic nitrogens is 2. The molecule has 7 nitrogen and oxygen atoms in total. The Balaban J connectivity index is 1.46. The van der Waals surface area contributed by atoms with E-state index in [1.807, 2.05) is 23.1 Å². The molecule has 1 amide bonds. The molecule has 148 valence electrons. The minimum absolute atomic E-state index is 0.0284. The van der Waals surface area contributed by atoms with Crippen LogP contribution in [0, 0.1) is 5.92 Å². The summed E-state index contributed by atoms with van der Waals surface area (Å²) in [6.45, 7) is 6.99. The molecule has 0 bridgehead atoms. The highest BCUT2D eigenvalue weighted by atomic mass is 16.5. The molecule has 0 aliphatic carbocycles. The quantitative estimate of drug-likeness (QED) is 0.878. The molecule has 0 radical (unpaired) electrons. The number of likely N-dealkylation sites (tertiary alicyclic amines) is 1. The van der Waals surface area contributed by atoms with Crippen LogP contribution in [0.1, 0.15) is 30.3 Å². The van der Waals surface area contributed by atoms with Gasteiger partial charge in [-0.2, -0.15) is 0 Å². The van der Waals surface area contributed by atoms with Gasteiger partial charge in [-0.3, -0.25) is 4.79 Å². The third-order valence-electron chi connectivity index (χ3n) is 5.33. The van der Waals surface area contributed by atoms with Gasteiger partial charge >= 0.3 is 0 Å². The highest BCUT2D eigenvalue weighted by Gasteiger charge is 2.23. The number of carbonyl (C=O) groups is 1. The summed E-state index contributed by atoms with van der Waals surface area (Å²) < 4.78 is 5.45. The summed E-state index contributed by atoms with van der Waals surface area (Å²) in [7, 11) is 0. The lowest BCUT2D eigenvalue weighted by atomic mass is 10.0. The van der Waals surface area contributed by atoms with Crippen molar-refractivity contribution in [1.29, 1.82) is 0 Å². The highest BCUT2D eigenvalue weighted by molar-refractivity contribution is 5.92. The van der Waals surface area contributed by atoms with E-state index in [0.717, 1.165) is 57.2 Å². The van der Waals surface area contributed by atoms with Crippen LogP contribution < -0.4 is 10.2 Å². The van der Waals surface area contributed by atoms with Gasteiger partial charge in [-0.15, -0.1) is 0 Å². The van der Waals surface area contributed by atoms with Crippen molar-refractivity contribution >= 4 is 23.1 Å². The molecule has 1 aromatic carbocycles. The van der Waals surface area contributed by atoms with Crippen LogP contribution in [0.3, 0.4) is 0 Å². The fourth-order valence-corrected chi connectivity index (χ4v) is 3.84. The maximum atomic E-state index is 12.7. The van der Waals surface area contributed by atoms with Gasteiger partial charge in [0.1, 0.15) is 11.5 Å². The zero-order valence-corrected chi connectivity index (χ0v) is 16.3. The molecule has 4 rings (SSSR count). The summed E-state index contributed by atoms with van der Waals surface area (Å²) in [6, 6.07) is 8.15. The number of hydrogen-bond acceptors (Lipinski definition) is 6. The highest BCUT2D eigenvalue weighted by Crippen LogP contribution is 2.28. The second-order valence-electron chi connectivity index (χ2n) is 7.53. The second-order valence-corrected chi connectivity index (χ2v) is 7.53. The number of anilines is 3. The van der Waals surface area contributed by atoms with E-state index in [1.165, 1.54) is 6.42 Å². The van der Waals surface area contributed by atoms with E-state index in [1.54, 1.807) is 12.4 Å². The molecule has 1 atom stereocenters. The minimum Gasteiger partial charge on any atom is -0.378 e. The Morgan fingerprint density at radius 1 is 1.14 bits per heavy atom. The number of benzene rings is 1. The van der Waals surface area contributed by atoms with Crippen molar-refractivity contribution in [2.45, 2.75) is 19.8 Å². The summed E-state index contributed by atoms with van der Waals surface area (Å²) in [5.41, 5.74) is 2.50. The van der Waals surface area contributed by atoms with Crippen LogP contribution in [0.2, 0.25) is 0 Å². The van der Waals surface area contributed by atoms with E-state index in [4.69, 9.17) is 4.74 Å². The number of morpholine rings is 1. The zero-order chi connectivity index (χ0) is 19.3. The van der Waals surface area contributed by atoms with E-state index in [9.17, 15) is 4.79 Å². The maximum Gasteiger partial charge on any atom is 0.274 e. The number of rotatable bonds is 4. The van der Waals surface area contributed by atoms with Gasteiger partial charge in [-0.05, 0) is 30.9 Å². The standard InChI is InChI=1S/C21H27N5O2/c1-16-5-4-8-26(15-16)21(27)18-13-23-20(14-22-18)24-17-6-2-3-7-19(17)25-9-11-28-12-10-25/h2-3,6-7,13-14,16H,4-5,8-12,15H2,1H3,(H,23,24). The van der Waals surface area contributed by atoms with Gasteiger partial charge < -0.3 is 19.9 Å². The Morgan fingerprint density at radius 2 is 1.96 bits per heavy atom. The Morgan fingerprint density at radius 3 is 2.71 bits per heavy atom. The van der Waals surface area contributed by atoms with Crippen molar-refractivity contribution < 1.29 is 9.53 Å². The Kier molecular flexibility index (Phi) is 5.71. The lowest BCUT2D eigenvalue weighted by molar-refractivity contribution is 0.0676. The van der Waals surface area contributed by atoms with Crippen LogP contribution in [-0.2, 0) is 4.74 Å². The number of ether oxygens (including phenoxy) is 1. The monoisotopic (exact) mass is 381 g/mol. The predicted molar refractivity (Wildman–Crippen MR) is 109 cm³/mol. The first kappa shape index (κ1) is 18.7. The second kappa shape index (κ2) is 8.56. The van der Waals surface area contributed by atoms with E-state index < -0.39 is 0 Å². The van der Waals surface area contributed by atoms with Crippen molar-refractivity contribution in [3.05, 3.63) is 42.4 Å². The van der Waals surface area contributed by atoms with Crippen LogP contribution >= 0.6 is 0 Å². The third-order valence-corrected chi connectivity index (χ3v) is 5.33. The topological polar surface area (TPSA) is 70.6 Å². The van der Waals surface area contributed by atoms with Crippen molar-refractivity contribution in [3.8, 4) is 0 Å². The van der Waals surface area contributed by atoms with Crippen molar-refractivity contribution in [1.82, 2.24) is 14.9 Å². The van der Waals surface area contributed by atoms with Gasteiger partial charge in [-0.1, -0.05) is 19.1 Å². The molecule has 1 aromatic heterocycles. The van der Waals surface area contributed by atoms with Gasteiger partial charge in [0.15, 0.2) is 0 Å². The van der Waals surface area contributed by atoms with E-state index in [-0.39, 0.29) is 5.91 Å². The zero-order valence-electron chi connectivity index (χ0n) is 16.3. The van der Waals surface area contributed by atoms with Gasteiger partial charge in [0, 0.05) is 26.2 Å². The molecule has 2 aromatic rings. The van der Waals surface area contributed by atoms with Gasteiger partial charge in [0.25, 0.3) is 5.91 Å². The van der Waals surface area contributed by atoms with Crippen LogP contribution in [0.25, 0.3) is 0 Å². The Bertz CT molecular complexity index is 805. The number of piperidine rings is 1. The molecule has 0 spiro atoms. The summed E-state index contributed by atoms with van der Waals surface area (Å²) in [6.07, 6.45) is 5.44. The summed E-state index contributed by atoms with van der Waals surface area (Å²) in [4.78, 5) is 25.6. The molecule has 1 N–H and O–H groups in total. The normalized spacial score (nSPS) is 20.1. The van der Waals surface area contributed by atoms with E-state index in [2.05, 4.69) is 33.2 Å².